The van der Waals surface area contributed by atoms with Gasteiger partial charge in [0.25, 0.3) is 0 Å². The van der Waals surface area contributed by atoms with Crippen LogP contribution in [0.3, 0.4) is 0 Å². The van der Waals surface area contributed by atoms with Crippen molar-refractivity contribution in [2.45, 2.75) is 51.6 Å². The molecule has 1 N–H and O–H groups in total. The average Bonchev–Trinajstić information content (AvgIpc) is 2.41. The first-order valence-corrected chi connectivity index (χ1v) is 7.07. The Morgan fingerprint density at radius 2 is 2.22 bits per heavy atom. The SMILES string of the molecule is CCCC1CCCCN1c1cnc(CNC)cn1. The van der Waals surface area contributed by atoms with Crippen LogP contribution in [0, 0.1) is 0 Å². The van der Waals surface area contributed by atoms with Crippen molar-refractivity contribution in [2.75, 3.05) is 18.5 Å². The molecule has 1 saturated heterocycles. The van der Waals surface area contributed by atoms with Crippen LogP contribution in [0.4, 0.5) is 5.82 Å². The monoisotopic (exact) mass is 248 g/mol. The summed E-state index contributed by atoms with van der Waals surface area (Å²) in [6, 6.07) is 0.660. The number of aromatic nitrogens is 2. The van der Waals surface area contributed by atoms with Gasteiger partial charge in [-0.3, -0.25) is 4.98 Å². The lowest BCUT2D eigenvalue weighted by atomic mass is 9.98. The summed E-state index contributed by atoms with van der Waals surface area (Å²) in [7, 11) is 1.93. The molecule has 0 amide bonds. The second kappa shape index (κ2) is 6.69. The zero-order valence-electron chi connectivity index (χ0n) is 11.5. The Hall–Kier alpha value is -1.16. The van der Waals surface area contributed by atoms with Gasteiger partial charge >= 0.3 is 0 Å². The Morgan fingerprint density at radius 1 is 1.33 bits per heavy atom. The van der Waals surface area contributed by atoms with Crippen LogP contribution in [-0.4, -0.2) is 29.6 Å². The largest absolute Gasteiger partial charge is 0.352 e. The second-order valence-corrected chi connectivity index (χ2v) is 5.03. The quantitative estimate of drug-likeness (QED) is 0.868. The van der Waals surface area contributed by atoms with E-state index in [0.717, 1.165) is 24.6 Å². The molecule has 1 unspecified atom stereocenters. The molecular weight excluding hydrogens is 224 g/mol. The summed E-state index contributed by atoms with van der Waals surface area (Å²) < 4.78 is 0. The Morgan fingerprint density at radius 3 is 2.89 bits per heavy atom. The van der Waals surface area contributed by atoms with Crippen LogP contribution in [0.2, 0.25) is 0 Å². The Bertz CT molecular complexity index is 347. The Kier molecular flexibility index (Phi) is 4.93. The molecule has 0 bridgehead atoms. The highest BCUT2D eigenvalue weighted by Crippen LogP contribution is 2.25. The number of hydrogen-bond acceptors (Lipinski definition) is 4. The van der Waals surface area contributed by atoms with Gasteiger partial charge < -0.3 is 10.2 Å². The van der Waals surface area contributed by atoms with Crippen LogP contribution in [0.15, 0.2) is 12.4 Å². The summed E-state index contributed by atoms with van der Waals surface area (Å²) in [6.45, 7) is 4.17. The molecule has 2 rings (SSSR count). The van der Waals surface area contributed by atoms with E-state index in [1.807, 2.05) is 19.4 Å². The van der Waals surface area contributed by atoms with Crippen LogP contribution < -0.4 is 10.2 Å². The summed E-state index contributed by atoms with van der Waals surface area (Å²) >= 11 is 0. The van der Waals surface area contributed by atoms with Crippen LogP contribution in [0.1, 0.15) is 44.7 Å². The fraction of sp³-hybridized carbons (Fsp3) is 0.714. The molecule has 4 nitrogen and oxygen atoms in total. The van der Waals surface area contributed by atoms with Crippen LogP contribution >= 0.6 is 0 Å². The standard InChI is InChI=1S/C14H24N4/c1-3-6-13-7-4-5-8-18(13)14-11-16-12(9-15-2)10-17-14/h10-11,13,15H,3-9H2,1-2H3. The normalized spacial score (nSPS) is 20.1. The maximum absolute atomic E-state index is 4.58. The molecule has 0 aromatic carbocycles. The molecule has 100 valence electrons. The van der Waals surface area contributed by atoms with Gasteiger partial charge in [0.2, 0.25) is 0 Å². The lowest BCUT2D eigenvalue weighted by Gasteiger charge is -2.36. The maximum Gasteiger partial charge on any atom is 0.147 e. The minimum Gasteiger partial charge on any atom is -0.352 e. The van der Waals surface area contributed by atoms with E-state index in [1.54, 1.807) is 0 Å². The van der Waals surface area contributed by atoms with Crippen molar-refractivity contribution >= 4 is 5.82 Å². The summed E-state index contributed by atoms with van der Waals surface area (Å²) in [4.78, 5) is 11.5. The first-order chi connectivity index (χ1) is 8.85. The van der Waals surface area contributed by atoms with Crippen molar-refractivity contribution in [1.82, 2.24) is 15.3 Å². The maximum atomic E-state index is 4.58. The molecule has 4 heteroatoms. The molecule has 0 saturated carbocycles. The first kappa shape index (κ1) is 13.3. The lowest BCUT2D eigenvalue weighted by Crippen LogP contribution is -2.40. The predicted octanol–water partition coefficient (Wildman–Crippen LogP) is 2.36. The van der Waals surface area contributed by atoms with Crippen LogP contribution in [0.25, 0.3) is 0 Å². The summed E-state index contributed by atoms with van der Waals surface area (Å²) in [5.41, 5.74) is 1.00. The Labute approximate surface area is 110 Å². The zero-order valence-corrected chi connectivity index (χ0v) is 11.5. The van der Waals surface area contributed by atoms with Gasteiger partial charge in [-0.1, -0.05) is 13.3 Å². The van der Waals surface area contributed by atoms with E-state index in [9.17, 15) is 0 Å². The van der Waals surface area contributed by atoms with Crippen molar-refractivity contribution in [3.63, 3.8) is 0 Å². The minimum atomic E-state index is 0.660. The third-order valence-electron chi connectivity index (χ3n) is 3.59. The van der Waals surface area contributed by atoms with Crippen molar-refractivity contribution < 1.29 is 0 Å². The van der Waals surface area contributed by atoms with E-state index in [4.69, 9.17) is 0 Å². The molecule has 0 radical (unpaired) electrons. The molecule has 1 aromatic heterocycles. The molecule has 0 spiro atoms. The van der Waals surface area contributed by atoms with E-state index in [-0.39, 0.29) is 0 Å². The van der Waals surface area contributed by atoms with Gasteiger partial charge in [-0.15, -0.1) is 0 Å². The van der Waals surface area contributed by atoms with Crippen molar-refractivity contribution in [1.29, 1.82) is 0 Å². The highest BCUT2D eigenvalue weighted by Gasteiger charge is 2.22. The number of anilines is 1. The number of nitrogens with zero attached hydrogens (tertiary/aromatic N) is 3. The number of hydrogen-bond donors (Lipinski definition) is 1. The van der Waals surface area contributed by atoms with Crippen molar-refractivity contribution in [2.24, 2.45) is 0 Å². The van der Waals surface area contributed by atoms with Gasteiger partial charge in [-0.25, -0.2) is 4.98 Å². The molecule has 2 heterocycles. The fourth-order valence-corrected chi connectivity index (χ4v) is 2.70. The number of nitrogens with one attached hydrogen (secondary N) is 1. The topological polar surface area (TPSA) is 41.1 Å². The molecular formula is C14H24N4. The zero-order chi connectivity index (χ0) is 12.8. The van der Waals surface area contributed by atoms with Crippen molar-refractivity contribution in [3.8, 4) is 0 Å². The summed E-state index contributed by atoms with van der Waals surface area (Å²) in [5, 5.41) is 3.10. The predicted molar refractivity (Wildman–Crippen MR) is 74.7 cm³/mol. The average molecular weight is 248 g/mol. The summed E-state index contributed by atoms with van der Waals surface area (Å²) in [6.07, 6.45) is 10.3. The second-order valence-electron chi connectivity index (χ2n) is 5.03. The smallest absolute Gasteiger partial charge is 0.147 e. The minimum absolute atomic E-state index is 0.660. The third-order valence-corrected chi connectivity index (χ3v) is 3.59. The molecule has 1 aliphatic heterocycles. The van der Waals surface area contributed by atoms with Gasteiger partial charge in [0.15, 0.2) is 0 Å². The molecule has 1 fully saturated rings. The van der Waals surface area contributed by atoms with Crippen molar-refractivity contribution in [3.05, 3.63) is 18.1 Å². The van der Waals surface area contributed by atoms with E-state index in [2.05, 4.69) is 27.1 Å². The van der Waals surface area contributed by atoms with Gasteiger partial charge in [0, 0.05) is 19.1 Å². The Balaban J connectivity index is 2.07. The lowest BCUT2D eigenvalue weighted by molar-refractivity contribution is 0.431. The van der Waals surface area contributed by atoms with E-state index in [0.29, 0.717) is 6.04 Å². The number of rotatable bonds is 5. The number of piperidine rings is 1. The van der Waals surface area contributed by atoms with Gasteiger partial charge in [-0.05, 0) is 32.7 Å². The molecule has 1 aromatic rings. The molecule has 0 aliphatic carbocycles. The highest BCUT2D eigenvalue weighted by atomic mass is 15.2. The highest BCUT2D eigenvalue weighted by molar-refractivity contribution is 5.38. The van der Waals surface area contributed by atoms with Gasteiger partial charge in [-0.2, -0.15) is 0 Å². The summed E-state index contributed by atoms with van der Waals surface area (Å²) in [5.74, 6) is 1.05. The van der Waals surface area contributed by atoms with Gasteiger partial charge in [0.05, 0.1) is 18.1 Å². The van der Waals surface area contributed by atoms with E-state index in [1.165, 1.54) is 32.1 Å². The van der Waals surface area contributed by atoms with Crippen LogP contribution in [0.5, 0.6) is 0 Å². The third kappa shape index (κ3) is 3.19. The fourth-order valence-electron chi connectivity index (χ4n) is 2.70. The first-order valence-electron chi connectivity index (χ1n) is 7.07. The molecule has 1 atom stereocenters. The van der Waals surface area contributed by atoms with Crippen LogP contribution in [-0.2, 0) is 6.54 Å². The van der Waals surface area contributed by atoms with E-state index < -0.39 is 0 Å². The molecule has 18 heavy (non-hydrogen) atoms. The van der Waals surface area contributed by atoms with E-state index >= 15 is 0 Å². The molecule has 1 aliphatic rings. The van der Waals surface area contributed by atoms with Gasteiger partial charge in [0.1, 0.15) is 5.82 Å².